The maximum atomic E-state index is 11.6. The third-order valence-corrected chi connectivity index (χ3v) is 5.78. The lowest BCUT2D eigenvalue weighted by Gasteiger charge is -2.33. The molecule has 144 valence electrons. The maximum absolute atomic E-state index is 11.6. The first kappa shape index (κ1) is 19.9. The first-order chi connectivity index (χ1) is 12.8. The Hall–Kier alpha value is -1.85. The van der Waals surface area contributed by atoms with Gasteiger partial charge in [-0.05, 0) is 57.6 Å². The third-order valence-electron chi connectivity index (χ3n) is 4.38. The highest BCUT2D eigenvalue weighted by Gasteiger charge is 2.35. The molecule has 0 bridgehead atoms. The van der Waals surface area contributed by atoms with E-state index in [0.29, 0.717) is 23.1 Å². The van der Waals surface area contributed by atoms with E-state index in [2.05, 4.69) is 36.5 Å². The van der Waals surface area contributed by atoms with Crippen molar-refractivity contribution in [3.63, 3.8) is 0 Å². The van der Waals surface area contributed by atoms with Crippen LogP contribution in [-0.4, -0.2) is 18.5 Å². The summed E-state index contributed by atoms with van der Waals surface area (Å²) in [5, 5.41) is 3.12. The molecule has 0 radical (unpaired) electrons. The van der Waals surface area contributed by atoms with Gasteiger partial charge in [-0.3, -0.25) is 5.32 Å². The number of thioether (sulfide) groups is 1. The summed E-state index contributed by atoms with van der Waals surface area (Å²) in [6.07, 6.45) is 1.54. The lowest BCUT2D eigenvalue weighted by molar-refractivity contribution is 0.0418. The van der Waals surface area contributed by atoms with Crippen molar-refractivity contribution in [3.8, 4) is 5.75 Å². The Morgan fingerprint density at radius 1 is 1.19 bits per heavy atom. The number of unbranched alkanes of at least 4 members (excludes halogenated alkanes) is 1. The van der Waals surface area contributed by atoms with Gasteiger partial charge in [0.05, 0.1) is 17.3 Å². The van der Waals surface area contributed by atoms with Gasteiger partial charge in [0.1, 0.15) is 11.4 Å². The van der Waals surface area contributed by atoms with Crippen LogP contribution in [0.15, 0.2) is 41.3 Å². The molecule has 2 aromatic rings. The van der Waals surface area contributed by atoms with E-state index in [1.54, 1.807) is 6.07 Å². The molecule has 0 unspecified atom stereocenters. The molecule has 4 nitrogen and oxygen atoms in total. The lowest BCUT2D eigenvalue weighted by Crippen LogP contribution is -2.34. The topological polar surface area (TPSA) is 47.6 Å². The van der Waals surface area contributed by atoms with Crippen LogP contribution in [0.4, 0.5) is 10.5 Å². The molecule has 0 aliphatic carbocycles. The van der Waals surface area contributed by atoms with E-state index in [-0.39, 0.29) is 0 Å². The number of aryl methyl sites for hydroxylation is 1. The van der Waals surface area contributed by atoms with Gasteiger partial charge < -0.3 is 9.47 Å². The van der Waals surface area contributed by atoms with Crippen molar-refractivity contribution < 1.29 is 14.3 Å². The molecule has 1 aliphatic heterocycles. The van der Waals surface area contributed by atoms with Gasteiger partial charge in [-0.25, -0.2) is 4.79 Å². The number of amides is 1. The summed E-state index contributed by atoms with van der Waals surface area (Å²) >= 11 is 8.19. The minimum Gasteiger partial charge on any atom is -0.494 e. The number of carbonyl (C=O) groups is 1. The van der Waals surface area contributed by atoms with Gasteiger partial charge in [0.2, 0.25) is 0 Å². The highest BCUT2D eigenvalue weighted by atomic mass is 35.5. The van der Waals surface area contributed by atoms with Crippen molar-refractivity contribution in [1.82, 2.24) is 0 Å². The Labute approximate surface area is 169 Å². The molecule has 0 aromatic heterocycles. The molecule has 1 heterocycles. The second kappa shape index (κ2) is 8.44. The number of ether oxygens (including phenoxy) is 2. The van der Waals surface area contributed by atoms with Gasteiger partial charge in [0, 0.05) is 16.5 Å². The fourth-order valence-electron chi connectivity index (χ4n) is 2.90. The fraction of sp³-hybridized carbons (Fsp3) is 0.381. The number of nitrogens with one attached hydrogen (secondary N) is 1. The van der Waals surface area contributed by atoms with Crippen molar-refractivity contribution in [2.75, 3.05) is 17.7 Å². The summed E-state index contributed by atoms with van der Waals surface area (Å²) in [6, 6.07) is 12.2. The summed E-state index contributed by atoms with van der Waals surface area (Å²) in [7, 11) is 0. The van der Waals surface area contributed by atoms with Gasteiger partial charge in [0.25, 0.3) is 0 Å². The standard InChI is InChI=1S/C21H24ClNO3S/c1-14-6-8-16(9-7-14)27-11-5-4-10-25-15-12-17-19(18(22)13-15)23-20(24)26-21(17,2)3/h6-9,12-13H,4-5,10-11H2,1-3H3,(H,23,24). The number of carbonyl (C=O) groups excluding carboxylic acids is 1. The molecular formula is C21H24ClNO3S. The zero-order chi connectivity index (χ0) is 19.4. The van der Waals surface area contributed by atoms with Crippen molar-refractivity contribution in [1.29, 1.82) is 0 Å². The molecule has 6 heteroatoms. The van der Waals surface area contributed by atoms with Gasteiger partial charge in [-0.15, -0.1) is 11.8 Å². The first-order valence-corrected chi connectivity index (χ1v) is 10.4. The number of fused-ring (bicyclic) bond motifs is 1. The van der Waals surface area contributed by atoms with Crippen LogP contribution in [0, 0.1) is 6.92 Å². The summed E-state index contributed by atoms with van der Waals surface area (Å²) in [5.41, 5.74) is 1.95. The van der Waals surface area contributed by atoms with E-state index in [1.165, 1.54) is 10.5 Å². The summed E-state index contributed by atoms with van der Waals surface area (Å²) in [4.78, 5) is 12.9. The third kappa shape index (κ3) is 5.11. The van der Waals surface area contributed by atoms with Crippen molar-refractivity contribution in [3.05, 3.63) is 52.5 Å². The monoisotopic (exact) mass is 405 g/mol. The van der Waals surface area contributed by atoms with Gasteiger partial charge in [-0.2, -0.15) is 0 Å². The van der Waals surface area contributed by atoms with Gasteiger partial charge in [0.15, 0.2) is 0 Å². The Morgan fingerprint density at radius 2 is 1.93 bits per heavy atom. The molecule has 2 aromatic carbocycles. The zero-order valence-electron chi connectivity index (χ0n) is 15.8. The highest BCUT2D eigenvalue weighted by molar-refractivity contribution is 7.99. The molecule has 0 saturated carbocycles. The van der Waals surface area contributed by atoms with E-state index in [0.717, 1.165) is 24.2 Å². The van der Waals surface area contributed by atoms with Crippen LogP contribution in [0.5, 0.6) is 5.75 Å². The Morgan fingerprint density at radius 3 is 2.67 bits per heavy atom. The van der Waals surface area contributed by atoms with E-state index in [4.69, 9.17) is 21.1 Å². The molecule has 1 amide bonds. The highest BCUT2D eigenvalue weighted by Crippen LogP contribution is 2.42. The quantitative estimate of drug-likeness (QED) is 0.427. The predicted octanol–water partition coefficient (Wildman–Crippen LogP) is 6.40. The van der Waals surface area contributed by atoms with Crippen LogP contribution >= 0.6 is 23.4 Å². The van der Waals surface area contributed by atoms with E-state index in [9.17, 15) is 4.79 Å². The number of halogens is 1. The minimum atomic E-state index is -0.745. The molecular weight excluding hydrogens is 382 g/mol. The molecule has 0 spiro atoms. The van der Waals surface area contributed by atoms with Crippen LogP contribution in [0.1, 0.15) is 37.8 Å². The van der Waals surface area contributed by atoms with Gasteiger partial charge >= 0.3 is 6.09 Å². The van der Waals surface area contributed by atoms with Crippen molar-refractivity contribution >= 4 is 35.1 Å². The first-order valence-electron chi connectivity index (χ1n) is 9.01. The van der Waals surface area contributed by atoms with Crippen LogP contribution in [0.3, 0.4) is 0 Å². The second-order valence-corrected chi connectivity index (χ2v) is 8.65. The second-order valence-electron chi connectivity index (χ2n) is 7.07. The number of benzene rings is 2. The van der Waals surface area contributed by atoms with E-state index in [1.807, 2.05) is 31.7 Å². The van der Waals surface area contributed by atoms with Crippen LogP contribution < -0.4 is 10.1 Å². The Balaban J connectivity index is 1.49. The SMILES string of the molecule is Cc1ccc(SCCCCOc2cc(Cl)c3c(c2)C(C)(C)OC(=O)N3)cc1. The van der Waals surface area contributed by atoms with E-state index >= 15 is 0 Å². The van der Waals surface area contributed by atoms with Gasteiger partial charge in [-0.1, -0.05) is 29.3 Å². The summed E-state index contributed by atoms with van der Waals surface area (Å²) in [5.74, 6) is 1.75. The number of cyclic esters (lactones) is 1. The number of anilines is 1. The van der Waals surface area contributed by atoms with Crippen LogP contribution in [0.2, 0.25) is 5.02 Å². The molecule has 0 atom stereocenters. The lowest BCUT2D eigenvalue weighted by atomic mass is 9.94. The van der Waals surface area contributed by atoms with E-state index < -0.39 is 11.7 Å². The summed E-state index contributed by atoms with van der Waals surface area (Å²) in [6.45, 7) is 6.40. The molecule has 1 aliphatic rings. The maximum Gasteiger partial charge on any atom is 0.412 e. The number of rotatable bonds is 7. The largest absolute Gasteiger partial charge is 0.494 e. The molecule has 0 fully saturated rings. The number of hydrogen-bond acceptors (Lipinski definition) is 4. The minimum absolute atomic E-state index is 0.460. The average Bonchev–Trinajstić information content (AvgIpc) is 2.60. The Bertz CT molecular complexity index is 821. The predicted molar refractivity (Wildman–Crippen MR) is 111 cm³/mol. The normalized spacial score (nSPS) is 14.9. The summed E-state index contributed by atoms with van der Waals surface area (Å²) < 4.78 is 11.2. The fourth-order valence-corrected chi connectivity index (χ4v) is 4.07. The molecule has 3 rings (SSSR count). The van der Waals surface area contributed by atoms with Crippen molar-refractivity contribution in [2.24, 2.45) is 0 Å². The van der Waals surface area contributed by atoms with Crippen LogP contribution in [0.25, 0.3) is 0 Å². The molecule has 1 N–H and O–H groups in total. The number of hydrogen-bond donors (Lipinski definition) is 1. The Kier molecular flexibility index (Phi) is 6.22. The molecule has 0 saturated heterocycles. The van der Waals surface area contributed by atoms with Crippen molar-refractivity contribution in [2.45, 2.75) is 44.1 Å². The zero-order valence-corrected chi connectivity index (χ0v) is 17.4. The smallest absolute Gasteiger partial charge is 0.412 e. The molecule has 27 heavy (non-hydrogen) atoms. The van der Waals surface area contributed by atoms with Crippen LogP contribution in [-0.2, 0) is 10.3 Å². The average molecular weight is 406 g/mol.